The first-order valence-electron chi connectivity index (χ1n) is 24.4. The summed E-state index contributed by atoms with van der Waals surface area (Å²) in [5.74, 6) is -0.491. The lowest BCUT2D eigenvalue weighted by Gasteiger charge is -2.18. The number of esters is 2. The quantitative estimate of drug-likeness (QED) is 0.0348. The summed E-state index contributed by atoms with van der Waals surface area (Å²) < 4.78 is 17.3. The average molecular weight is 831 g/mol. The van der Waals surface area contributed by atoms with E-state index in [-0.39, 0.29) is 25.2 Å². The van der Waals surface area contributed by atoms with E-state index in [0.717, 1.165) is 109 Å². The van der Waals surface area contributed by atoms with E-state index < -0.39 is 6.10 Å². The van der Waals surface area contributed by atoms with Crippen molar-refractivity contribution in [3.8, 4) is 0 Å². The van der Waals surface area contributed by atoms with Gasteiger partial charge in [-0.3, -0.25) is 9.59 Å². The van der Waals surface area contributed by atoms with Gasteiger partial charge in [-0.05, 0) is 109 Å². The molecule has 0 fully saturated rings. The number of carbonyl (C=O) groups is 2. The van der Waals surface area contributed by atoms with Gasteiger partial charge in [0.2, 0.25) is 0 Å². The van der Waals surface area contributed by atoms with Gasteiger partial charge >= 0.3 is 11.9 Å². The number of carbonyl (C=O) groups excluding carboxylic acids is 2. The van der Waals surface area contributed by atoms with Crippen LogP contribution in [0.5, 0.6) is 0 Å². The Morgan fingerprint density at radius 1 is 0.383 bits per heavy atom. The summed E-state index contributed by atoms with van der Waals surface area (Å²) >= 11 is 0. The van der Waals surface area contributed by atoms with Crippen LogP contribution < -0.4 is 0 Å². The van der Waals surface area contributed by atoms with Crippen LogP contribution in [-0.2, 0) is 23.8 Å². The van der Waals surface area contributed by atoms with Gasteiger partial charge in [0, 0.05) is 19.4 Å². The molecule has 0 rings (SSSR count). The Hall–Kier alpha value is -3.44. The van der Waals surface area contributed by atoms with Crippen LogP contribution in [0.4, 0.5) is 0 Å². The van der Waals surface area contributed by atoms with Gasteiger partial charge in [0.15, 0.2) is 6.10 Å². The maximum atomic E-state index is 12.7. The highest BCUT2D eigenvalue weighted by Gasteiger charge is 2.17. The minimum atomic E-state index is -0.576. The fourth-order valence-electron chi connectivity index (χ4n) is 6.19. The normalized spacial score (nSPS) is 13.2. The molecule has 5 heteroatoms. The third kappa shape index (κ3) is 47.2. The van der Waals surface area contributed by atoms with E-state index in [2.05, 4.69) is 130 Å². The molecular weight excluding hydrogens is 741 g/mol. The summed E-state index contributed by atoms with van der Waals surface area (Å²) in [5.41, 5.74) is 0. The minimum Gasteiger partial charge on any atom is -0.462 e. The predicted molar refractivity (Wildman–Crippen MR) is 260 cm³/mol. The molecule has 0 aromatic carbocycles. The average Bonchev–Trinajstić information content (AvgIpc) is 3.25. The summed E-state index contributed by atoms with van der Waals surface area (Å²) in [6.45, 7) is 7.45. The smallest absolute Gasteiger partial charge is 0.306 e. The Balaban J connectivity index is 4.39. The van der Waals surface area contributed by atoms with E-state index in [0.29, 0.717) is 19.4 Å². The minimum absolute atomic E-state index is 0.0407. The second-order valence-corrected chi connectivity index (χ2v) is 15.6. The Kier molecular flexibility index (Phi) is 47.1. The van der Waals surface area contributed by atoms with E-state index in [9.17, 15) is 9.59 Å². The van der Waals surface area contributed by atoms with Crippen molar-refractivity contribution in [2.75, 3.05) is 19.8 Å². The predicted octanol–water partition coefficient (Wildman–Crippen LogP) is 16.4. The van der Waals surface area contributed by atoms with Crippen molar-refractivity contribution in [1.29, 1.82) is 0 Å². The first kappa shape index (κ1) is 56.6. The van der Waals surface area contributed by atoms with E-state index in [1.54, 1.807) is 0 Å². The van der Waals surface area contributed by atoms with E-state index in [4.69, 9.17) is 14.2 Å². The maximum Gasteiger partial charge on any atom is 0.306 e. The van der Waals surface area contributed by atoms with Crippen LogP contribution in [0.25, 0.3) is 0 Å². The van der Waals surface area contributed by atoms with E-state index >= 15 is 0 Å². The van der Waals surface area contributed by atoms with Gasteiger partial charge in [-0.25, -0.2) is 0 Å². The van der Waals surface area contributed by atoms with Crippen LogP contribution in [-0.4, -0.2) is 37.9 Å². The highest BCUT2D eigenvalue weighted by molar-refractivity contribution is 5.70. The van der Waals surface area contributed by atoms with Gasteiger partial charge in [0.25, 0.3) is 0 Å². The summed E-state index contributed by atoms with van der Waals surface area (Å²) in [4.78, 5) is 25.3. The molecule has 0 spiro atoms. The molecule has 0 N–H and O–H groups in total. The Morgan fingerprint density at radius 3 is 1.27 bits per heavy atom. The molecule has 0 saturated heterocycles. The number of unbranched alkanes of at least 4 members (excludes halogenated alkanes) is 14. The molecule has 0 bridgehead atoms. The standard InChI is InChI=1S/C55H90O5/c1-4-7-10-13-16-19-22-24-26-28-29-31-34-36-39-42-45-48-54(56)59-52-53(60-55(57)49-46-43-40-37-33-21-18-15-12-9-6-3)51-58-50-47-44-41-38-35-32-30-27-25-23-20-17-14-11-8-5-2/h7-8,10-11,15-20,24-27,29,31,36,39,53H,4-6,9,12-14,21-23,28,30,32-35,37-38,40-52H2,1-3H3/b10-7-,11-8-,18-15-,19-16-,20-17-,26-24-,27-25-,31-29-,39-36-. The highest BCUT2D eigenvalue weighted by atomic mass is 16.6. The second-order valence-electron chi connectivity index (χ2n) is 15.6. The number of rotatable bonds is 43. The number of ether oxygens (including phenoxy) is 3. The molecule has 60 heavy (non-hydrogen) atoms. The van der Waals surface area contributed by atoms with Crippen molar-refractivity contribution < 1.29 is 23.8 Å². The zero-order valence-electron chi connectivity index (χ0n) is 38.9. The number of hydrogen-bond donors (Lipinski definition) is 0. The van der Waals surface area contributed by atoms with Crippen molar-refractivity contribution in [3.63, 3.8) is 0 Å². The zero-order chi connectivity index (χ0) is 43.5. The molecule has 1 atom stereocenters. The molecule has 1 unspecified atom stereocenters. The molecule has 0 amide bonds. The van der Waals surface area contributed by atoms with Crippen LogP contribution in [0.2, 0.25) is 0 Å². The van der Waals surface area contributed by atoms with Crippen LogP contribution in [0.3, 0.4) is 0 Å². The van der Waals surface area contributed by atoms with Crippen LogP contribution in [0, 0.1) is 0 Å². The van der Waals surface area contributed by atoms with Crippen molar-refractivity contribution in [2.24, 2.45) is 0 Å². The molecule has 0 aliphatic rings. The Morgan fingerprint density at radius 2 is 0.767 bits per heavy atom. The summed E-state index contributed by atoms with van der Waals surface area (Å²) in [7, 11) is 0. The molecule has 0 radical (unpaired) electrons. The summed E-state index contributed by atoms with van der Waals surface area (Å²) in [6, 6.07) is 0. The van der Waals surface area contributed by atoms with Crippen molar-refractivity contribution in [2.45, 2.75) is 207 Å². The monoisotopic (exact) mass is 831 g/mol. The molecule has 0 saturated carbocycles. The molecule has 340 valence electrons. The molecule has 5 nitrogen and oxygen atoms in total. The molecule has 0 aliphatic heterocycles. The largest absolute Gasteiger partial charge is 0.462 e. The van der Waals surface area contributed by atoms with Crippen molar-refractivity contribution in [1.82, 2.24) is 0 Å². The van der Waals surface area contributed by atoms with Gasteiger partial charge in [-0.2, -0.15) is 0 Å². The molecule has 0 aliphatic carbocycles. The lowest BCUT2D eigenvalue weighted by Crippen LogP contribution is -2.30. The third-order valence-electron chi connectivity index (χ3n) is 9.77. The van der Waals surface area contributed by atoms with E-state index in [1.807, 2.05) is 0 Å². The fourth-order valence-corrected chi connectivity index (χ4v) is 6.19. The van der Waals surface area contributed by atoms with Gasteiger partial charge in [0.1, 0.15) is 6.61 Å². The molecule has 0 aromatic heterocycles. The van der Waals surface area contributed by atoms with Crippen LogP contribution >= 0.6 is 0 Å². The first-order valence-corrected chi connectivity index (χ1v) is 24.4. The lowest BCUT2D eigenvalue weighted by molar-refractivity contribution is -0.163. The van der Waals surface area contributed by atoms with Crippen molar-refractivity contribution in [3.05, 3.63) is 109 Å². The first-order chi connectivity index (χ1) is 29.6. The second kappa shape index (κ2) is 49.9. The van der Waals surface area contributed by atoms with Crippen LogP contribution in [0.1, 0.15) is 201 Å². The Bertz CT molecular complexity index is 1210. The molecule has 0 heterocycles. The maximum absolute atomic E-state index is 12.7. The van der Waals surface area contributed by atoms with Gasteiger partial charge in [-0.1, -0.05) is 188 Å². The topological polar surface area (TPSA) is 61.8 Å². The molecular formula is C55H90O5. The fraction of sp³-hybridized carbons (Fsp3) is 0.636. The number of hydrogen-bond acceptors (Lipinski definition) is 5. The zero-order valence-corrected chi connectivity index (χ0v) is 38.9. The van der Waals surface area contributed by atoms with Crippen molar-refractivity contribution >= 4 is 11.9 Å². The molecule has 0 aromatic rings. The van der Waals surface area contributed by atoms with Gasteiger partial charge in [0.05, 0.1) is 6.61 Å². The van der Waals surface area contributed by atoms with Crippen LogP contribution in [0.15, 0.2) is 109 Å². The lowest BCUT2D eigenvalue weighted by atomic mass is 10.1. The summed E-state index contributed by atoms with van der Waals surface area (Å²) in [5, 5.41) is 0. The highest BCUT2D eigenvalue weighted by Crippen LogP contribution is 2.12. The van der Waals surface area contributed by atoms with E-state index in [1.165, 1.54) is 57.8 Å². The van der Waals surface area contributed by atoms with Gasteiger partial charge in [-0.15, -0.1) is 0 Å². The van der Waals surface area contributed by atoms with Gasteiger partial charge < -0.3 is 14.2 Å². The summed E-state index contributed by atoms with van der Waals surface area (Å²) in [6.07, 6.45) is 68.1. The SMILES string of the molecule is CC/C=C\C/C=C\C/C=C\C/C=C\C/C=C\CCCC(=O)OCC(COCCCCCCCC/C=C\C/C=C\C/C=C\CC)OC(=O)CCCCCCC/C=C\CCCC. The third-order valence-corrected chi connectivity index (χ3v) is 9.77. The Labute approximate surface area is 370 Å². The number of allylic oxidation sites excluding steroid dienone is 18.